The third-order valence-corrected chi connectivity index (χ3v) is 9.74. The van der Waals surface area contributed by atoms with E-state index >= 15 is 0 Å². The zero-order valence-electron chi connectivity index (χ0n) is 29.0. The molecule has 13 heteroatoms. The Morgan fingerprint density at radius 3 is 1.98 bits per heavy atom. The minimum atomic E-state index is -4.50. The zero-order valence-corrected chi connectivity index (χ0v) is 29.9. The van der Waals surface area contributed by atoms with Gasteiger partial charge in [-0.05, 0) is 54.4 Å². The summed E-state index contributed by atoms with van der Waals surface area (Å²) in [6.45, 7) is 1.39. The Morgan fingerprint density at radius 1 is 0.700 bits per heavy atom. The van der Waals surface area contributed by atoms with Gasteiger partial charge < -0.3 is 33.9 Å². The number of carbonyl (C=O) groups excluding carboxylic acids is 2. The van der Waals surface area contributed by atoms with Crippen molar-refractivity contribution < 1.29 is 41.7 Å². The number of ether oxygens (including phenoxy) is 5. The number of nitrogens with zero attached hydrogens (tertiary/aromatic N) is 2. The largest absolute Gasteiger partial charge is 0.497 e. The standard InChI is InChI=1S/C37H43N3O9S/c1-7-38-37(42)32(21-26-12-9-8-10-13-26)39(24-27-14-11-15-28(20-27)45-2)36(41)25-40(31-22-29(46-3)16-18-33(31)47-4)50(43,44)30-17-19-34(48-5)35(23-30)49-6/h8-20,22-23,32H,7,21,24-25H2,1-6H3,(H,38,42)/t32-/m1/s1. The van der Waals surface area contributed by atoms with E-state index in [1.807, 2.05) is 36.4 Å². The number of hydrogen-bond acceptors (Lipinski definition) is 9. The number of likely N-dealkylation sites (N-methyl/N-ethyl adjacent to an activating group) is 1. The van der Waals surface area contributed by atoms with Gasteiger partial charge in [-0.3, -0.25) is 13.9 Å². The molecule has 50 heavy (non-hydrogen) atoms. The Hall–Kier alpha value is -5.43. The summed E-state index contributed by atoms with van der Waals surface area (Å²) in [6, 6.07) is 24.2. The number of nitrogens with one attached hydrogen (secondary N) is 1. The second kappa shape index (κ2) is 17.3. The van der Waals surface area contributed by atoms with Crippen LogP contribution in [0.2, 0.25) is 0 Å². The summed E-state index contributed by atoms with van der Waals surface area (Å²) in [5.74, 6) is 0.533. The van der Waals surface area contributed by atoms with Crippen LogP contribution in [0, 0.1) is 0 Å². The normalized spacial score (nSPS) is 11.6. The summed E-state index contributed by atoms with van der Waals surface area (Å²) in [5, 5.41) is 2.86. The number of rotatable bonds is 17. The summed E-state index contributed by atoms with van der Waals surface area (Å²) in [6.07, 6.45) is 0.174. The van der Waals surface area contributed by atoms with Crippen molar-refractivity contribution in [3.8, 4) is 28.7 Å². The number of methoxy groups -OCH3 is 5. The molecule has 0 heterocycles. The molecular weight excluding hydrogens is 662 g/mol. The van der Waals surface area contributed by atoms with Gasteiger partial charge in [0.1, 0.15) is 29.8 Å². The van der Waals surface area contributed by atoms with Crippen molar-refractivity contribution in [3.05, 3.63) is 102 Å². The van der Waals surface area contributed by atoms with Crippen molar-refractivity contribution in [3.63, 3.8) is 0 Å². The first-order valence-corrected chi connectivity index (χ1v) is 17.2. The van der Waals surface area contributed by atoms with E-state index in [0.717, 1.165) is 9.87 Å². The molecule has 0 spiro atoms. The molecule has 0 aromatic heterocycles. The molecule has 0 saturated heterocycles. The van der Waals surface area contributed by atoms with Crippen molar-refractivity contribution in [1.29, 1.82) is 0 Å². The maximum absolute atomic E-state index is 14.8. The van der Waals surface area contributed by atoms with E-state index in [4.69, 9.17) is 23.7 Å². The fourth-order valence-corrected chi connectivity index (χ4v) is 6.86. The van der Waals surface area contributed by atoms with E-state index in [1.165, 1.54) is 64.7 Å². The molecule has 4 aromatic carbocycles. The molecule has 1 N–H and O–H groups in total. The van der Waals surface area contributed by atoms with Crippen LogP contribution in [0.25, 0.3) is 0 Å². The van der Waals surface area contributed by atoms with Crippen LogP contribution < -0.4 is 33.3 Å². The first kappa shape index (κ1) is 37.4. The summed E-state index contributed by atoms with van der Waals surface area (Å²) < 4.78 is 57.4. The van der Waals surface area contributed by atoms with Crippen LogP contribution in [0.3, 0.4) is 0 Å². The molecule has 2 amide bonds. The molecule has 0 unspecified atom stereocenters. The topological polar surface area (TPSA) is 133 Å². The quantitative estimate of drug-likeness (QED) is 0.166. The van der Waals surface area contributed by atoms with Crippen molar-refractivity contribution in [1.82, 2.24) is 10.2 Å². The fourth-order valence-electron chi connectivity index (χ4n) is 5.42. The number of benzene rings is 4. The molecule has 0 aliphatic heterocycles. The van der Waals surface area contributed by atoms with Gasteiger partial charge in [0.15, 0.2) is 11.5 Å². The van der Waals surface area contributed by atoms with E-state index in [1.54, 1.807) is 37.3 Å². The van der Waals surface area contributed by atoms with Gasteiger partial charge in [-0.25, -0.2) is 8.42 Å². The highest BCUT2D eigenvalue weighted by Gasteiger charge is 2.36. The van der Waals surface area contributed by atoms with Gasteiger partial charge in [-0.1, -0.05) is 42.5 Å². The first-order valence-electron chi connectivity index (χ1n) is 15.8. The lowest BCUT2D eigenvalue weighted by Gasteiger charge is -2.34. The van der Waals surface area contributed by atoms with Gasteiger partial charge in [0.25, 0.3) is 10.0 Å². The molecule has 0 bridgehead atoms. The first-order chi connectivity index (χ1) is 24.1. The van der Waals surface area contributed by atoms with E-state index in [2.05, 4.69) is 5.32 Å². The Balaban J connectivity index is 1.90. The third-order valence-electron chi connectivity index (χ3n) is 7.99. The highest BCUT2D eigenvalue weighted by Crippen LogP contribution is 2.38. The number of anilines is 1. The molecule has 0 fully saturated rings. The van der Waals surface area contributed by atoms with E-state index in [0.29, 0.717) is 29.4 Å². The lowest BCUT2D eigenvalue weighted by atomic mass is 10.0. The van der Waals surface area contributed by atoms with Gasteiger partial charge in [-0.15, -0.1) is 0 Å². The lowest BCUT2D eigenvalue weighted by Crippen LogP contribution is -2.53. The smallest absolute Gasteiger partial charge is 0.265 e. The maximum atomic E-state index is 14.8. The van der Waals surface area contributed by atoms with Crippen LogP contribution in [0.4, 0.5) is 5.69 Å². The zero-order chi connectivity index (χ0) is 36.3. The molecule has 0 aliphatic rings. The van der Waals surface area contributed by atoms with Gasteiger partial charge >= 0.3 is 0 Å². The van der Waals surface area contributed by atoms with Crippen LogP contribution in [-0.2, 0) is 32.6 Å². The van der Waals surface area contributed by atoms with Crippen molar-refractivity contribution >= 4 is 27.5 Å². The molecule has 0 saturated carbocycles. The highest BCUT2D eigenvalue weighted by atomic mass is 32.2. The van der Waals surface area contributed by atoms with Crippen molar-refractivity contribution in [2.45, 2.75) is 30.8 Å². The van der Waals surface area contributed by atoms with Crippen molar-refractivity contribution in [2.24, 2.45) is 0 Å². The number of sulfonamides is 1. The predicted octanol–water partition coefficient (Wildman–Crippen LogP) is 4.70. The van der Waals surface area contributed by atoms with Crippen LogP contribution in [0.1, 0.15) is 18.1 Å². The minimum Gasteiger partial charge on any atom is -0.497 e. The van der Waals surface area contributed by atoms with Gasteiger partial charge in [0.2, 0.25) is 11.8 Å². The van der Waals surface area contributed by atoms with E-state index in [-0.39, 0.29) is 41.0 Å². The Kier molecular flexibility index (Phi) is 12.9. The molecular formula is C37H43N3O9S. The van der Waals surface area contributed by atoms with Crippen LogP contribution in [-0.4, -0.2) is 79.8 Å². The Bertz CT molecular complexity index is 1870. The van der Waals surface area contributed by atoms with Crippen molar-refractivity contribution in [2.75, 3.05) is 52.9 Å². The van der Waals surface area contributed by atoms with Crippen LogP contribution in [0.15, 0.2) is 95.9 Å². The van der Waals surface area contributed by atoms with Gasteiger partial charge in [0.05, 0.1) is 46.1 Å². The molecule has 4 rings (SSSR count). The Labute approximate surface area is 293 Å². The van der Waals surface area contributed by atoms with E-state index < -0.39 is 28.5 Å². The summed E-state index contributed by atoms with van der Waals surface area (Å²) in [7, 11) is 2.71. The third kappa shape index (κ3) is 8.77. The average molecular weight is 706 g/mol. The van der Waals surface area contributed by atoms with Crippen LogP contribution in [0.5, 0.6) is 28.7 Å². The molecule has 266 valence electrons. The molecule has 12 nitrogen and oxygen atoms in total. The van der Waals surface area contributed by atoms with E-state index in [9.17, 15) is 18.0 Å². The predicted molar refractivity (Wildman–Crippen MR) is 190 cm³/mol. The average Bonchev–Trinajstić information content (AvgIpc) is 3.14. The molecule has 1 atom stereocenters. The lowest BCUT2D eigenvalue weighted by molar-refractivity contribution is -0.140. The summed E-state index contributed by atoms with van der Waals surface area (Å²) >= 11 is 0. The summed E-state index contributed by atoms with van der Waals surface area (Å²) in [5.41, 5.74) is 1.54. The molecule has 0 aliphatic carbocycles. The van der Waals surface area contributed by atoms with Crippen LogP contribution >= 0.6 is 0 Å². The monoisotopic (exact) mass is 705 g/mol. The second-order valence-electron chi connectivity index (χ2n) is 11.0. The number of carbonyl (C=O) groups is 2. The second-order valence-corrected chi connectivity index (χ2v) is 12.9. The fraction of sp³-hybridized carbons (Fsp3) is 0.297. The SMILES string of the molecule is CCNC(=O)[C@@H](Cc1ccccc1)N(Cc1cccc(OC)c1)C(=O)CN(c1cc(OC)ccc1OC)S(=O)(=O)c1ccc(OC)c(OC)c1. The number of amides is 2. The molecule has 0 radical (unpaired) electrons. The summed E-state index contributed by atoms with van der Waals surface area (Å²) in [4.78, 5) is 29.8. The number of hydrogen-bond donors (Lipinski definition) is 1. The van der Waals surface area contributed by atoms with Gasteiger partial charge in [0, 0.05) is 31.6 Å². The molecule has 4 aromatic rings. The highest BCUT2D eigenvalue weighted by molar-refractivity contribution is 7.92. The Morgan fingerprint density at radius 2 is 1.34 bits per heavy atom. The minimum absolute atomic E-state index is 0.0237. The maximum Gasteiger partial charge on any atom is 0.265 e. The van der Waals surface area contributed by atoms with Gasteiger partial charge in [-0.2, -0.15) is 0 Å².